The Morgan fingerprint density at radius 1 is 0.963 bits per heavy atom. The van der Waals surface area contributed by atoms with Crippen molar-refractivity contribution in [3.8, 4) is 0 Å². The van der Waals surface area contributed by atoms with Crippen LogP contribution in [0, 0.1) is 0 Å². The summed E-state index contributed by atoms with van der Waals surface area (Å²) in [5.41, 5.74) is 1.35. The van der Waals surface area contributed by atoms with E-state index >= 15 is 0 Å². The maximum atomic E-state index is 12.7. The molecule has 7 heteroatoms. The number of carbonyl (C=O) groups is 1. The van der Waals surface area contributed by atoms with Crippen molar-refractivity contribution in [2.24, 2.45) is 0 Å². The van der Waals surface area contributed by atoms with Gasteiger partial charge in [-0.2, -0.15) is 4.31 Å². The molecule has 0 aliphatic rings. The summed E-state index contributed by atoms with van der Waals surface area (Å²) in [6.45, 7) is 5.24. The van der Waals surface area contributed by atoms with Crippen molar-refractivity contribution in [1.29, 1.82) is 0 Å². The Kier molecular flexibility index (Phi) is 7.83. The van der Waals surface area contributed by atoms with E-state index in [-0.39, 0.29) is 10.8 Å². The largest absolute Gasteiger partial charge is 0.348 e. The van der Waals surface area contributed by atoms with Crippen molar-refractivity contribution in [3.05, 3.63) is 64.7 Å². The monoisotopic (exact) mass is 408 g/mol. The van der Waals surface area contributed by atoms with Crippen LogP contribution in [-0.2, 0) is 16.6 Å². The Hall–Kier alpha value is -1.89. The predicted octanol–water partition coefficient (Wildman–Crippen LogP) is 4.08. The zero-order chi connectivity index (χ0) is 19.9. The number of sulfonamides is 1. The maximum Gasteiger partial charge on any atom is 0.251 e. The van der Waals surface area contributed by atoms with Crippen molar-refractivity contribution in [3.63, 3.8) is 0 Å². The SMILES string of the molecule is CCCN(CCC)S(=O)(=O)c1ccc(C(=O)NCc2ccc(Cl)cc2)cc1. The Bertz CT molecular complexity index is 844. The van der Waals surface area contributed by atoms with E-state index in [2.05, 4.69) is 5.32 Å². The average molecular weight is 409 g/mol. The van der Waals surface area contributed by atoms with E-state index in [9.17, 15) is 13.2 Å². The Labute approximate surface area is 166 Å². The van der Waals surface area contributed by atoms with Gasteiger partial charge in [0.15, 0.2) is 0 Å². The highest BCUT2D eigenvalue weighted by atomic mass is 35.5. The van der Waals surface area contributed by atoms with E-state index in [4.69, 9.17) is 11.6 Å². The summed E-state index contributed by atoms with van der Waals surface area (Å²) in [5, 5.41) is 3.46. The third kappa shape index (κ3) is 5.79. The van der Waals surface area contributed by atoms with Crippen LogP contribution in [0.3, 0.4) is 0 Å². The van der Waals surface area contributed by atoms with Gasteiger partial charge in [-0.25, -0.2) is 8.42 Å². The first-order valence-electron chi connectivity index (χ1n) is 9.01. The second-order valence-corrected chi connectivity index (χ2v) is 8.61. The molecule has 146 valence electrons. The molecule has 1 N–H and O–H groups in total. The first-order chi connectivity index (χ1) is 12.9. The normalized spacial score (nSPS) is 11.6. The molecule has 0 saturated heterocycles. The third-order valence-electron chi connectivity index (χ3n) is 4.07. The summed E-state index contributed by atoms with van der Waals surface area (Å²) in [6, 6.07) is 13.3. The molecule has 27 heavy (non-hydrogen) atoms. The van der Waals surface area contributed by atoms with Crippen LogP contribution in [0.1, 0.15) is 42.6 Å². The highest BCUT2D eigenvalue weighted by Crippen LogP contribution is 2.17. The lowest BCUT2D eigenvalue weighted by atomic mass is 10.2. The molecule has 0 heterocycles. The molecule has 0 fully saturated rings. The zero-order valence-corrected chi connectivity index (χ0v) is 17.2. The minimum Gasteiger partial charge on any atom is -0.348 e. The lowest BCUT2D eigenvalue weighted by Crippen LogP contribution is -2.32. The maximum absolute atomic E-state index is 12.7. The van der Waals surface area contributed by atoms with E-state index in [0.29, 0.717) is 30.2 Å². The molecule has 0 saturated carbocycles. The van der Waals surface area contributed by atoms with Gasteiger partial charge in [-0.3, -0.25) is 4.79 Å². The second kappa shape index (κ2) is 9.88. The van der Waals surface area contributed by atoms with Crippen molar-refractivity contribution in [1.82, 2.24) is 9.62 Å². The van der Waals surface area contributed by atoms with Gasteiger partial charge in [-0.15, -0.1) is 0 Å². The molecule has 0 aliphatic heterocycles. The summed E-state index contributed by atoms with van der Waals surface area (Å²) in [5.74, 6) is -0.257. The van der Waals surface area contributed by atoms with Gasteiger partial charge in [-0.1, -0.05) is 37.6 Å². The number of carbonyl (C=O) groups excluding carboxylic acids is 1. The van der Waals surface area contributed by atoms with Crippen molar-refractivity contribution in [2.75, 3.05) is 13.1 Å². The highest BCUT2D eigenvalue weighted by Gasteiger charge is 2.23. The van der Waals surface area contributed by atoms with E-state index in [0.717, 1.165) is 18.4 Å². The van der Waals surface area contributed by atoms with Crippen LogP contribution in [0.15, 0.2) is 53.4 Å². The fraction of sp³-hybridized carbons (Fsp3) is 0.350. The number of amides is 1. The van der Waals surface area contributed by atoms with Crippen molar-refractivity contribution in [2.45, 2.75) is 38.1 Å². The van der Waals surface area contributed by atoms with Crippen LogP contribution in [0.25, 0.3) is 0 Å². The standard InChI is InChI=1S/C20H25ClN2O3S/c1-3-13-23(14-4-2)27(25,26)19-11-7-17(8-12-19)20(24)22-15-16-5-9-18(21)10-6-16/h5-12H,3-4,13-15H2,1-2H3,(H,22,24). The summed E-state index contributed by atoms with van der Waals surface area (Å²) in [6.07, 6.45) is 1.51. The Morgan fingerprint density at radius 2 is 1.52 bits per heavy atom. The molecule has 0 atom stereocenters. The van der Waals surface area contributed by atoms with E-state index in [1.807, 2.05) is 26.0 Å². The predicted molar refractivity (Wildman–Crippen MR) is 108 cm³/mol. The van der Waals surface area contributed by atoms with E-state index in [1.165, 1.54) is 16.4 Å². The van der Waals surface area contributed by atoms with Gasteiger partial charge in [0.25, 0.3) is 5.91 Å². The number of nitrogens with zero attached hydrogens (tertiary/aromatic N) is 1. The molecule has 2 aromatic rings. The lowest BCUT2D eigenvalue weighted by molar-refractivity contribution is 0.0951. The minimum absolute atomic E-state index is 0.207. The van der Waals surface area contributed by atoms with Gasteiger partial charge < -0.3 is 5.32 Å². The van der Waals surface area contributed by atoms with Crippen LogP contribution in [0.5, 0.6) is 0 Å². The molecular weight excluding hydrogens is 384 g/mol. The summed E-state index contributed by atoms with van der Waals surface area (Å²) in [7, 11) is -3.54. The molecule has 0 radical (unpaired) electrons. The lowest BCUT2D eigenvalue weighted by Gasteiger charge is -2.21. The average Bonchev–Trinajstić information content (AvgIpc) is 2.67. The Morgan fingerprint density at radius 3 is 2.04 bits per heavy atom. The first-order valence-corrected chi connectivity index (χ1v) is 10.8. The van der Waals surface area contributed by atoms with Crippen LogP contribution < -0.4 is 5.32 Å². The van der Waals surface area contributed by atoms with Crippen LogP contribution in [0.2, 0.25) is 5.02 Å². The molecule has 5 nitrogen and oxygen atoms in total. The number of hydrogen-bond acceptors (Lipinski definition) is 3. The molecule has 0 bridgehead atoms. The smallest absolute Gasteiger partial charge is 0.251 e. The molecule has 2 aromatic carbocycles. The summed E-state index contributed by atoms with van der Waals surface area (Å²) in [4.78, 5) is 12.5. The fourth-order valence-electron chi connectivity index (χ4n) is 2.66. The van der Waals surface area contributed by atoms with Gasteiger partial charge in [0.05, 0.1) is 4.90 Å². The Balaban J connectivity index is 2.06. The van der Waals surface area contributed by atoms with Gasteiger partial charge in [0, 0.05) is 30.2 Å². The number of nitrogens with one attached hydrogen (secondary N) is 1. The van der Waals surface area contributed by atoms with E-state index < -0.39 is 10.0 Å². The third-order valence-corrected chi connectivity index (χ3v) is 6.23. The minimum atomic E-state index is -3.54. The van der Waals surface area contributed by atoms with Gasteiger partial charge >= 0.3 is 0 Å². The highest BCUT2D eigenvalue weighted by molar-refractivity contribution is 7.89. The first kappa shape index (κ1) is 21.4. The van der Waals surface area contributed by atoms with Crippen LogP contribution in [-0.4, -0.2) is 31.7 Å². The zero-order valence-electron chi connectivity index (χ0n) is 15.6. The summed E-state index contributed by atoms with van der Waals surface area (Å²) >= 11 is 5.84. The molecular formula is C20H25ClN2O3S. The fourth-order valence-corrected chi connectivity index (χ4v) is 4.41. The van der Waals surface area contributed by atoms with Crippen LogP contribution in [0.4, 0.5) is 0 Å². The second-order valence-electron chi connectivity index (χ2n) is 6.24. The molecule has 0 unspecified atom stereocenters. The molecule has 1 amide bonds. The van der Waals surface area contributed by atoms with Crippen molar-refractivity contribution >= 4 is 27.5 Å². The summed E-state index contributed by atoms with van der Waals surface area (Å²) < 4.78 is 27.0. The molecule has 0 spiro atoms. The molecule has 0 aromatic heterocycles. The number of benzene rings is 2. The number of halogens is 1. The number of rotatable bonds is 9. The quantitative estimate of drug-likeness (QED) is 0.679. The van der Waals surface area contributed by atoms with Gasteiger partial charge in [0.2, 0.25) is 10.0 Å². The topological polar surface area (TPSA) is 66.5 Å². The molecule has 2 rings (SSSR count). The number of hydrogen-bond donors (Lipinski definition) is 1. The van der Waals surface area contributed by atoms with E-state index in [1.54, 1.807) is 24.3 Å². The van der Waals surface area contributed by atoms with Crippen molar-refractivity contribution < 1.29 is 13.2 Å². The van der Waals surface area contributed by atoms with Gasteiger partial charge in [-0.05, 0) is 54.8 Å². The molecule has 0 aliphatic carbocycles. The van der Waals surface area contributed by atoms with Crippen LogP contribution >= 0.6 is 11.6 Å². The van der Waals surface area contributed by atoms with Gasteiger partial charge in [0.1, 0.15) is 0 Å².